The molecular weight excluding hydrogens is 292 g/mol. The van der Waals surface area contributed by atoms with E-state index in [0.29, 0.717) is 18.9 Å². The number of thiazole rings is 1. The first-order valence-corrected chi connectivity index (χ1v) is 8.61. The van der Waals surface area contributed by atoms with Crippen LogP contribution in [0.2, 0.25) is 0 Å². The van der Waals surface area contributed by atoms with Gasteiger partial charge in [-0.3, -0.25) is 4.79 Å². The van der Waals surface area contributed by atoms with Crippen molar-refractivity contribution in [3.8, 4) is 0 Å². The Bertz CT molecular complexity index is 594. The minimum Gasteiger partial charge on any atom is -0.340 e. The van der Waals surface area contributed by atoms with E-state index in [0.717, 1.165) is 23.5 Å². The molecule has 1 heterocycles. The van der Waals surface area contributed by atoms with Gasteiger partial charge >= 0.3 is 0 Å². The number of hydrogen-bond donors (Lipinski definition) is 0. The van der Waals surface area contributed by atoms with Crippen molar-refractivity contribution in [2.75, 3.05) is 7.05 Å². The molecule has 0 radical (unpaired) electrons. The Morgan fingerprint density at radius 2 is 2.05 bits per heavy atom. The summed E-state index contributed by atoms with van der Waals surface area (Å²) in [6, 6.07) is 10.5. The Morgan fingerprint density at radius 3 is 2.68 bits per heavy atom. The topological polar surface area (TPSA) is 33.2 Å². The van der Waals surface area contributed by atoms with Gasteiger partial charge in [-0.2, -0.15) is 0 Å². The van der Waals surface area contributed by atoms with Crippen LogP contribution in [0.15, 0.2) is 35.7 Å². The third-order valence-electron chi connectivity index (χ3n) is 3.78. The lowest BCUT2D eigenvalue weighted by atomic mass is 9.98. The van der Waals surface area contributed by atoms with Crippen molar-refractivity contribution >= 4 is 17.2 Å². The molecule has 0 fully saturated rings. The molecule has 1 amide bonds. The van der Waals surface area contributed by atoms with E-state index >= 15 is 0 Å². The molecule has 1 aromatic heterocycles. The zero-order valence-corrected chi connectivity index (χ0v) is 14.4. The molecule has 0 saturated heterocycles. The van der Waals surface area contributed by atoms with Gasteiger partial charge in [0, 0.05) is 18.8 Å². The molecule has 1 unspecified atom stereocenters. The Morgan fingerprint density at radius 1 is 1.32 bits per heavy atom. The monoisotopic (exact) mass is 316 g/mol. The third-order valence-corrected chi connectivity index (χ3v) is 4.61. The molecule has 0 saturated carbocycles. The van der Waals surface area contributed by atoms with Crippen LogP contribution in [-0.2, 0) is 17.8 Å². The van der Waals surface area contributed by atoms with Gasteiger partial charge in [-0.15, -0.1) is 11.3 Å². The van der Waals surface area contributed by atoms with Crippen molar-refractivity contribution in [3.63, 3.8) is 0 Å². The average molecular weight is 316 g/mol. The number of carbonyl (C=O) groups is 1. The van der Waals surface area contributed by atoms with Crippen molar-refractivity contribution in [2.24, 2.45) is 5.92 Å². The molecule has 0 aliphatic carbocycles. The fourth-order valence-electron chi connectivity index (χ4n) is 2.43. The Kier molecular flexibility index (Phi) is 6.13. The second kappa shape index (κ2) is 8.08. The van der Waals surface area contributed by atoms with Crippen LogP contribution in [0.1, 0.15) is 36.0 Å². The van der Waals surface area contributed by atoms with Crippen LogP contribution in [0, 0.1) is 12.8 Å². The van der Waals surface area contributed by atoms with Crippen LogP contribution in [0.4, 0.5) is 0 Å². The van der Waals surface area contributed by atoms with Gasteiger partial charge < -0.3 is 4.90 Å². The van der Waals surface area contributed by atoms with E-state index in [1.54, 1.807) is 16.2 Å². The van der Waals surface area contributed by atoms with Gasteiger partial charge in [0.15, 0.2) is 0 Å². The van der Waals surface area contributed by atoms with Crippen molar-refractivity contribution in [1.82, 2.24) is 9.88 Å². The lowest BCUT2D eigenvalue weighted by Gasteiger charge is -2.18. The number of nitrogens with zero attached hydrogens (tertiary/aromatic N) is 2. The smallest absolute Gasteiger partial charge is 0.222 e. The standard InChI is InChI=1S/C18H24N2OS/c1-14(9-10-16-7-5-4-6-8-16)11-18(21)20(3)12-17-13-22-15(2)19-17/h4-8,13-14H,9-12H2,1-3H3. The highest BCUT2D eigenvalue weighted by atomic mass is 32.1. The van der Waals surface area contributed by atoms with E-state index in [-0.39, 0.29) is 5.91 Å². The van der Waals surface area contributed by atoms with Gasteiger partial charge in [-0.1, -0.05) is 37.3 Å². The molecule has 0 aliphatic rings. The van der Waals surface area contributed by atoms with Gasteiger partial charge in [0.2, 0.25) is 5.91 Å². The number of rotatable bonds is 7. The fraction of sp³-hybridized carbons (Fsp3) is 0.444. The lowest BCUT2D eigenvalue weighted by Crippen LogP contribution is -2.27. The van der Waals surface area contributed by atoms with E-state index in [4.69, 9.17) is 0 Å². The number of carbonyl (C=O) groups excluding carboxylic acids is 1. The van der Waals surface area contributed by atoms with Crippen LogP contribution in [-0.4, -0.2) is 22.8 Å². The van der Waals surface area contributed by atoms with E-state index in [9.17, 15) is 4.79 Å². The van der Waals surface area contributed by atoms with Crippen molar-refractivity contribution < 1.29 is 4.79 Å². The molecule has 0 spiro atoms. The van der Waals surface area contributed by atoms with Crippen LogP contribution in [0.5, 0.6) is 0 Å². The second-order valence-electron chi connectivity index (χ2n) is 5.94. The molecule has 22 heavy (non-hydrogen) atoms. The SMILES string of the molecule is Cc1nc(CN(C)C(=O)CC(C)CCc2ccccc2)cs1. The summed E-state index contributed by atoms with van der Waals surface area (Å²) in [4.78, 5) is 18.5. The lowest BCUT2D eigenvalue weighted by molar-refractivity contribution is -0.131. The van der Waals surface area contributed by atoms with Gasteiger partial charge in [0.05, 0.1) is 17.2 Å². The maximum atomic E-state index is 12.3. The molecule has 0 bridgehead atoms. The van der Waals surface area contributed by atoms with E-state index in [2.05, 4.69) is 36.2 Å². The molecule has 3 nitrogen and oxygen atoms in total. The molecule has 4 heteroatoms. The van der Waals surface area contributed by atoms with Gasteiger partial charge in [-0.25, -0.2) is 4.98 Å². The first-order valence-electron chi connectivity index (χ1n) is 7.73. The van der Waals surface area contributed by atoms with E-state index in [1.807, 2.05) is 25.4 Å². The van der Waals surface area contributed by atoms with Crippen molar-refractivity contribution in [2.45, 2.75) is 39.7 Å². The van der Waals surface area contributed by atoms with E-state index < -0.39 is 0 Å². The predicted molar refractivity (Wildman–Crippen MR) is 91.9 cm³/mol. The quantitative estimate of drug-likeness (QED) is 0.771. The predicted octanol–water partition coefficient (Wildman–Crippen LogP) is 4.07. The Labute approximate surface area is 137 Å². The van der Waals surface area contributed by atoms with Crippen molar-refractivity contribution in [1.29, 1.82) is 0 Å². The number of aryl methyl sites for hydroxylation is 2. The summed E-state index contributed by atoms with van der Waals surface area (Å²) in [6.07, 6.45) is 2.68. The summed E-state index contributed by atoms with van der Waals surface area (Å²) >= 11 is 1.63. The number of benzene rings is 1. The maximum absolute atomic E-state index is 12.3. The first-order chi connectivity index (χ1) is 10.5. The minimum absolute atomic E-state index is 0.200. The molecule has 0 aliphatic heterocycles. The summed E-state index contributed by atoms with van der Waals surface area (Å²) in [7, 11) is 1.86. The van der Waals surface area contributed by atoms with Gasteiger partial charge in [-0.05, 0) is 31.2 Å². The molecule has 1 atom stereocenters. The maximum Gasteiger partial charge on any atom is 0.222 e. The van der Waals surface area contributed by atoms with Crippen LogP contribution in [0.3, 0.4) is 0 Å². The highest BCUT2D eigenvalue weighted by molar-refractivity contribution is 7.09. The van der Waals surface area contributed by atoms with Crippen molar-refractivity contribution in [3.05, 3.63) is 52.0 Å². The average Bonchev–Trinajstić information content (AvgIpc) is 2.91. The van der Waals surface area contributed by atoms with Crippen LogP contribution >= 0.6 is 11.3 Å². The summed E-state index contributed by atoms with van der Waals surface area (Å²) in [5.74, 6) is 0.596. The second-order valence-corrected chi connectivity index (χ2v) is 7.00. The van der Waals surface area contributed by atoms with Gasteiger partial charge in [0.25, 0.3) is 0 Å². The number of hydrogen-bond acceptors (Lipinski definition) is 3. The minimum atomic E-state index is 0.200. The summed E-state index contributed by atoms with van der Waals surface area (Å²) in [5, 5.41) is 3.07. The Balaban J connectivity index is 1.75. The third kappa shape index (κ3) is 5.26. The zero-order valence-electron chi connectivity index (χ0n) is 13.6. The molecule has 2 rings (SSSR count). The van der Waals surface area contributed by atoms with Crippen LogP contribution < -0.4 is 0 Å². The largest absolute Gasteiger partial charge is 0.340 e. The van der Waals surface area contributed by atoms with Gasteiger partial charge in [0.1, 0.15) is 0 Å². The molecule has 2 aromatic rings. The zero-order chi connectivity index (χ0) is 15.9. The molecule has 1 aromatic carbocycles. The molecular formula is C18H24N2OS. The summed E-state index contributed by atoms with van der Waals surface area (Å²) < 4.78 is 0. The number of aromatic nitrogens is 1. The highest BCUT2D eigenvalue weighted by Gasteiger charge is 2.14. The molecule has 0 N–H and O–H groups in total. The number of amides is 1. The fourth-order valence-corrected chi connectivity index (χ4v) is 3.03. The summed E-state index contributed by atoms with van der Waals surface area (Å²) in [6.45, 7) is 4.75. The summed E-state index contributed by atoms with van der Waals surface area (Å²) in [5.41, 5.74) is 2.32. The van der Waals surface area contributed by atoms with Crippen LogP contribution in [0.25, 0.3) is 0 Å². The molecule has 118 valence electrons. The Hall–Kier alpha value is -1.68. The van der Waals surface area contributed by atoms with E-state index in [1.165, 1.54) is 5.56 Å². The normalized spacial score (nSPS) is 12.1. The highest BCUT2D eigenvalue weighted by Crippen LogP contribution is 2.15. The first kappa shape index (κ1) is 16.7.